The molecule has 1 aromatic heterocycles. The number of amides is 1. The number of nitrogens with zero attached hydrogens (tertiary/aromatic N) is 2. The molecule has 0 aliphatic heterocycles. The summed E-state index contributed by atoms with van der Waals surface area (Å²) in [7, 11) is 1.91. The summed E-state index contributed by atoms with van der Waals surface area (Å²) in [5.74, 6) is 0.0149. The van der Waals surface area contributed by atoms with E-state index >= 15 is 0 Å². The molecule has 0 atom stereocenters. The molecular weight excluding hydrogens is 334 g/mol. The summed E-state index contributed by atoms with van der Waals surface area (Å²) in [5.41, 5.74) is 5.34. The number of aromatic nitrogens is 2. The van der Waals surface area contributed by atoms with E-state index in [0.717, 1.165) is 17.0 Å². The molecule has 4 heteroatoms. The Labute approximate surface area is 160 Å². The monoisotopic (exact) mass is 359 g/mol. The summed E-state index contributed by atoms with van der Waals surface area (Å²) in [4.78, 5) is 12.4. The van der Waals surface area contributed by atoms with Crippen molar-refractivity contribution >= 4 is 12.0 Å². The highest BCUT2D eigenvalue weighted by Crippen LogP contribution is 2.23. The zero-order chi connectivity index (χ0) is 19.2. The van der Waals surface area contributed by atoms with Crippen LogP contribution >= 0.6 is 0 Å². The molecule has 1 N–H and O–H groups in total. The Morgan fingerprint density at radius 2 is 1.59 bits per heavy atom. The van der Waals surface area contributed by atoms with Crippen LogP contribution in [-0.2, 0) is 11.8 Å². The maximum absolute atomic E-state index is 12.4. The third-order valence-electron chi connectivity index (χ3n) is 4.85. The molecule has 0 spiro atoms. The van der Waals surface area contributed by atoms with Gasteiger partial charge in [-0.1, -0.05) is 60.7 Å². The lowest BCUT2D eigenvalue weighted by molar-refractivity contribution is -0.116. The van der Waals surface area contributed by atoms with Gasteiger partial charge >= 0.3 is 0 Å². The molecule has 0 aliphatic carbocycles. The lowest BCUT2D eigenvalue weighted by Crippen LogP contribution is -2.27. The number of benzene rings is 2. The summed E-state index contributed by atoms with van der Waals surface area (Å²) in [5, 5.41) is 7.42. The standard InChI is InChI=1S/C23H25N3O/c1-17-21(18(2)26(3)25-17)14-15-23(27)24-16-22(19-10-6-4-7-11-19)20-12-8-5-9-13-20/h4-15,22H,16H2,1-3H3,(H,24,27)/b15-14+. The number of nitrogens with one attached hydrogen (secondary N) is 1. The molecule has 3 rings (SSSR count). The van der Waals surface area contributed by atoms with Crippen molar-refractivity contribution in [2.75, 3.05) is 6.54 Å². The fourth-order valence-corrected chi connectivity index (χ4v) is 3.25. The molecule has 1 heterocycles. The second-order valence-electron chi connectivity index (χ2n) is 6.66. The zero-order valence-corrected chi connectivity index (χ0v) is 16.0. The van der Waals surface area contributed by atoms with Gasteiger partial charge < -0.3 is 5.32 Å². The van der Waals surface area contributed by atoms with Crippen LogP contribution in [0.2, 0.25) is 0 Å². The molecule has 27 heavy (non-hydrogen) atoms. The van der Waals surface area contributed by atoms with E-state index in [1.807, 2.05) is 68.1 Å². The highest BCUT2D eigenvalue weighted by molar-refractivity contribution is 5.92. The van der Waals surface area contributed by atoms with E-state index in [2.05, 4.69) is 34.7 Å². The van der Waals surface area contributed by atoms with Crippen LogP contribution in [0.5, 0.6) is 0 Å². The first-order valence-electron chi connectivity index (χ1n) is 9.12. The van der Waals surface area contributed by atoms with E-state index in [-0.39, 0.29) is 11.8 Å². The van der Waals surface area contributed by atoms with Gasteiger partial charge in [0.25, 0.3) is 0 Å². The molecule has 138 valence electrons. The summed E-state index contributed by atoms with van der Waals surface area (Å²) in [6.45, 7) is 4.49. The van der Waals surface area contributed by atoms with E-state index < -0.39 is 0 Å². The lowest BCUT2D eigenvalue weighted by Gasteiger charge is -2.18. The quantitative estimate of drug-likeness (QED) is 0.676. The summed E-state index contributed by atoms with van der Waals surface area (Å²) < 4.78 is 1.83. The Balaban J connectivity index is 1.72. The fraction of sp³-hybridized carbons (Fsp3) is 0.217. The first-order chi connectivity index (χ1) is 13.1. The van der Waals surface area contributed by atoms with Crippen molar-refractivity contribution in [2.45, 2.75) is 19.8 Å². The molecule has 0 saturated carbocycles. The van der Waals surface area contributed by atoms with Crippen molar-refractivity contribution in [3.8, 4) is 0 Å². The third kappa shape index (κ3) is 4.53. The average molecular weight is 359 g/mol. The number of rotatable bonds is 6. The predicted octanol–water partition coefficient (Wildman–Crippen LogP) is 4.00. The van der Waals surface area contributed by atoms with Crippen molar-refractivity contribution in [1.82, 2.24) is 15.1 Å². The second kappa shape index (κ2) is 8.49. The molecule has 1 amide bonds. The Kier molecular flexibility index (Phi) is 5.87. The zero-order valence-electron chi connectivity index (χ0n) is 16.0. The van der Waals surface area contributed by atoms with Gasteiger partial charge in [0.2, 0.25) is 5.91 Å². The minimum atomic E-state index is -0.102. The van der Waals surface area contributed by atoms with E-state index in [1.165, 1.54) is 11.1 Å². The van der Waals surface area contributed by atoms with Gasteiger partial charge in [-0.25, -0.2) is 0 Å². The van der Waals surface area contributed by atoms with E-state index in [1.54, 1.807) is 6.08 Å². The average Bonchev–Trinajstić information content (AvgIpc) is 2.93. The van der Waals surface area contributed by atoms with Gasteiger partial charge in [0.15, 0.2) is 0 Å². The van der Waals surface area contributed by atoms with Crippen LogP contribution in [-0.4, -0.2) is 22.2 Å². The van der Waals surface area contributed by atoms with Crippen LogP contribution in [0.25, 0.3) is 6.08 Å². The van der Waals surface area contributed by atoms with Crippen LogP contribution in [0.3, 0.4) is 0 Å². The Morgan fingerprint density at radius 1 is 1.04 bits per heavy atom. The van der Waals surface area contributed by atoms with Crippen LogP contribution < -0.4 is 5.32 Å². The fourth-order valence-electron chi connectivity index (χ4n) is 3.25. The van der Waals surface area contributed by atoms with Crippen LogP contribution in [0.4, 0.5) is 0 Å². The first-order valence-corrected chi connectivity index (χ1v) is 9.12. The predicted molar refractivity (Wildman–Crippen MR) is 109 cm³/mol. The van der Waals surface area contributed by atoms with Crippen molar-refractivity contribution in [1.29, 1.82) is 0 Å². The van der Waals surface area contributed by atoms with Gasteiger partial charge in [0, 0.05) is 36.8 Å². The number of aryl methyl sites for hydroxylation is 2. The van der Waals surface area contributed by atoms with E-state index in [4.69, 9.17) is 0 Å². The van der Waals surface area contributed by atoms with Gasteiger partial charge in [0.1, 0.15) is 0 Å². The molecule has 4 nitrogen and oxygen atoms in total. The minimum Gasteiger partial charge on any atom is -0.352 e. The van der Waals surface area contributed by atoms with Gasteiger partial charge in [-0.05, 0) is 31.1 Å². The largest absolute Gasteiger partial charge is 0.352 e. The second-order valence-corrected chi connectivity index (χ2v) is 6.66. The molecule has 0 aliphatic rings. The summed E-state index contributed by atoms with van der Waals surface area (Å²) in [6.07, 6.45) is 3.43. The number of hydrogen-bond acceptors (Lipinski definition) is 2. The molecule has 0 saturated heterocycles. The van der Waals surface area contributed by atoms with Crippen molar-refractivity contribution in [2.24, 2.45) is 7.05 Å². The number of carbonyl (C=O) groups is 1. The maximum atomic E-state index is 12.4. The molecule has 0 fully saturated rings. The van der Waals surface area contributed by atoms with Gasteiger partial charge in [-0.15, -0.1) is 0 Å². The van der Waals surface area contributed by atoms with Crippen molar-refractivity contribution in [3.05, 3.63) is 94.8 Å². The lowest BCUT2D eigenvalue weighted by atomic mass is 9.91. The topological polar surface area (TPSA) is 46.9 Å². The molecular formula is C23H25N3O. The van der Waals surface area contributed by atoms with Crippen LogP contribution in [0.15, 0.2) is 66.7 Å². The van der Waals surface area contributed by atoms with Gasteiger partial charge in [-0.2, -0.15) is 5.10 Å². The van der Waals surface area contributed by atoms with Crippen molar-refractivity contribution in [3.63, 3.8) is 0 Å². The highest BCUT2D eigenvalue weighted by atomic mass is 16.1. The minimum absolute atomic E-state index is 0.102. The smallest absolute Gasteiger partial charge is 0.244 e. The van der Waals surface area contributed by atoms with E-state index in [9.17, 15) is 4.79 Å². The number of hydrogen-bond donors (Lipinski definition) is 1. The molecule has 3 aromatic rings. The summed E-state index contributed by atoms with van der Waals surface area (Å²) in [6, 6.07) is 20.5. The molecule has 0 unspecified atom stereocenters. The molecule has 2 aromatic carbocycles. The Bertz CT molecular complexity index is 888. The Morgan fingerprint density at radius 3 is 2.07 bits per heavy atom. The third-order valence-corrected chi connectivity index (χ3v) is 4.85. The van der Waals surface area contributed by atoms with Gasteiger partial charge in [0.05, 0.1) is 5.69 Å². The number of carbonyl (C=O) groups excluding carboxylic acids is 1. The van der Waals surface area contributed by atoms with Crippen LogP contribution in [0, 0.1) is 13.8 Å². The molecule has 0 bridgehead atoms. The van der Waals surface area contributed by atoms with Gasteiger partial charge in [-0.3, -0.25) is 9.48 Å². The highest BCUT2D eigenvalue weighted by Gasteiger charge is 2.14. The normalized spacial score (nSPS) is 11.3. The Hall–Kier alpha value is -3.14. The van der Waals surface area contributed by atoms with Crippen LogP contribution in [0.1, 0.15) is 34.0 Å². The SMILES string of the molecule is Cc1nn(C)c(C)c1/C=C/C(=O)NCC(c1ccccc1)c1ccccc1. The maximum Gasteiger partial charge on any atom is 0.244 e. The van der Waals surface area contributed by atoms with E-state index in [0.29, 0.717) is 6.54 Å². The van der Waals surface area contributed by atoms with Crippen molar-refractivity contribution < 1.29 is 4.79 Å². The first kappa shape index (κ1) is 18.6. The summed E-state index contributed by atoms with van der Waals surface area (Å²) >= 11 is 0. The molecule has 0 radical (unpaired) electrons.